The first-order chi connectivity index (χ1) is 8.21. The van der Waals surface area contributed by atoms with Crippen molar-refractivity contribution in [1.82, 2.24) is 5.32 Å². The fraction of sp³-hybridized carbons (Fsp3) is 0.467. The topological polar surface area (TPSA) is 21.3 Å². The second-order valence-corrected chi connectivity index (χ2v) is 4.15. The Kier molecular flexibility index (Phi) is 5.78. The maximum Gasteiger partial charge on any atom is 0.120 e. The summed E-state index contributed by atoms with van der Waals surface area (Å²) in [6.07, 6.45) is 2.94. The van der Waals surface area contributed by atoms with Crippen molar-refractivity contribution in [3.8, 4) is 5.75 Å². The van der Waals surface area contributed by atoms with Crippen LogP contribution in [-0.2, 0) is 0 Å². The highest BCUT2D eigenvalue weighted by atomic mass is 16.5. The van der Waals surface area contributed by atoms with Gasteiger partial charge in [-0.25, -0.2) is 0 Å². The zero-order chi connectivity index (χ0) is 12.7. The molecule has 0 aliphatic rings. The molecule has 0 aliphatic heterocycles. The normalized spacial score (nSPS) is 14.1. The molecule has 2 nitrogen and oxygen atoms in total. The molecule has 2 heteroatoms. The molecule has 0 saturated carbocycles. The van der Waals surface area contributed by atoms with Crippen LogP contribution in [0, 0.1) is 0 Å². The summed E-state index contributed by atoms with van der Waals surface area (Å²) in [5, 5.41) is 3.46. The molecular weight excluding hydrogens is 210 g/mol. The van der Waals surface area contributed by atoms with Gasteiger partial charge in [-0.1, -0.05) is 38.6 Å². The van der Waals surface area contributed by atoms with Gasteiger partial charge in [-0.05, 0) is 37.6 Å². The van der Waals surface area contributed by atoms with E-state index in [-0.39, 0.29) is 6.10 Å². The molecule has 0 aliphatic carbocycles. The van der Waals surface area contributed by atoms with Crippen LogP contribution in [0.1, 0.15) is 38.8 Å². The molecule has 2 unspecified atom stereocenters. The smallest absolute Gasteiger partial charge is 0.120 e. The Bertz CT molecular complexity index is 331. The van der Waals surface area contributed by atoms with Gasteiger partial charge in [0.05, 0.1) is 0 Å². The largest absolute Gasteiger partial charge is 0.487 e. The molecule has 1 aromatic rings. The standard InChI is InChI=1S/C15H23NO/c1-5-12(4)17-14-10-8-13(9-11-14)15(6-2)16-7-3/h5,8-12,15-16H,1,6-7H2,2-4H3. The molecule has 1 N–H and O–H groups in total. The van der Waals surface area contributed by atoms with Gasteiger partial charge in [0, 0.05) is 6.04 Å². The third kappa shape index (κ3) is 4.23. The fourth-order valence-corrected chi connectivity index (χ4v) is 1.79. The molecule has 2 atom stereocenters. The van der Waals surface area contributed by atoms with E-state index < -0.39 is 0 Å². The first-order valence-electron chi connectivity index (χ1n) is 6.33. The minimum atomic E-state index is 0.0524. The Hall–Kier alpha value is -1.28. The number of rotatable bonds is 7. The van der Waals surface area contributed by atoms with Gasteiger partial charge >= 0.3 is 0 Å². The van der Waals surface area contributed by atoms with Crippen molar-refractivity contribution >= 4 is 0 Å². The number of nitrogens with one attached hydrogen (secondary N) is 1. The monoisotopic (exact) mass is 233 g/mol. The summed E-state index contributed by atoms with van der Waals surface area (Å²) in [5.41, 5.74) is 1.31. The number of benzene rings is 1. The van der Waals surface area contributed by atoms with Crippen LogP contribution in [0.5, 0.6) is 5.75 Å². The maximum absolute atomic E-state index is 5.65. The molecule has 0 heterocycles. The summed E-state index contributed by atoms with van der Waals surface area (Å²) in [6.45, 7) is 11.0. The highest BCUT2D eigenvalue weighted by Gasteiger charge is 2.07. The minimum absolute atomic E-state index is 0.0524. The number of hydrogen-bond donors (Lipinski definition) is 1. The third-order valence-electron chi connectivity index (χ3n) is 2.80. The lowest BCUT2D eigenvalue weighted by atomic mass is 10.0. The van der Waals surface area contributed by atoms with Crippen LogP contribution in [0.15, 0.2) is 36.9 Å². The van der Waals surface area contributed by atoms with Gasteiger partial charge in [-0.3, -0.25) is 0 Å². The highest BCUT2D eigenvalue weighted by Crippen LogP contribution is 2.20. The van der Waals surface area contributed by atoms with Crippen molar-refractivity contribution in [2.45, 2.75) is 39.3 Å². The Morgan fingerprint density at radius 3 is 2.41 bits per heavy atom. The van der Waals surface area contributed by atoms with Crippen molar-refractivity contribution in [1.29, 1.82) is 0 Å². The first-order valence-corrected chi connectivity index (χ1v) is 6.33. The second-order valence-electron chi connectivity index (χ2n) is 4.15. The summed E-state index contributed by atoms with van der Waals surface area (Å²) >= 11 is 0. The zero-order valence-corrected chi connectivity index (χ0v) is 11.1. The van der Waals surface area contributed by atoms with Crippen LogP contribution in [0.2, 0.25) is 0 Å². The quantitative estimate of drug-likeness (QED) is 0.725. The van der Waals surface area contributed by atoms with E-state index in [1.165, 1.54) is 5.56 Å². The maximum atomic E-state index is 5.65. The molecule has 0 spiro atoms. The van der Waals surface area contributed by atoms with Gasteiger partial charge in [-0.2, -0.15) is 0 Å². The van der Waals surface area contributed by atoms with Gasteiger partial charge in [0.15, 0.2) is 0 Å². The molecule has 0 radical (unpaired) electrons. The van der Waals surface area contributed by atoms with Gasteiger partial charge < -0.3 is 10.1 Å². The molecule has 94 valence electrons. The predicted octanol–water partition coefficient (Wildman–Crippen LogP) is 3.70. The van der Waals surface area contributed by atoms with Crippen molar-refractivity contribution in [3.05, 3.63) is 42.5 Å². The Morgan fingerprint density at radius 1 is 1.29 bits per heavy atom. The van der Waals surface area contributed by atoms with E-state index in [1.807, 2.05) is 19.1 Å². The van der Waals surface area contributed by atoms with Gasteiger partial charge in [0.25, 0.3) is 0 Å². The first kappa shape index (κ1) is 13.8. The lowest BCUT2D eigenvalue weighted by Gasteiger charge is -2.17. The van der Waals surface area contributed by atoms with Crippen LogP contribution < -0.4 is 10.1 Å². The van der Waals surface area contributed by atoms with E-state index >= 15 is 0 Å². The fourth-order valence-electron chi connectivity index (χ4n) is 1.79. The molecule has 0 aromatic heterocycles. The molecule has 0 fully saturated rings. The van der Waals surface area contributed by atoms with E-state index in [2.05, 4.69) is 37.9 Å². The molecule has 1 aromatic carbocycles. The summed E-state index contributed by atoms with van der Waals surface area (Å²) in [7, 11) is 0. The highest BCUT2D eigenvalue weighted by molar-refractivity contribution is 5.29. The van der Waals surface area contributed by atoms with E-state index in [9.17, 15) is 0 Å². The minimum Gasteiger partial charge on any atom is -0.487 e. The zero-order valence-electron chi connectivity index (χ0n) is 11.1. The summed E-state index contributed by atoms with van der Waals surface area (Å²) < 4.78 is 5.65. The molecule has 0 amide bonds. The van der Waals surface area contributed by atoms with Crippen LogP contribution >= 0.6 is 0 Å². The Morgan fingerprint density at radius 2 is 1.94 bits per heavy atom. The van der Waals surface area contributed by atoms with Crippen molar-refractivity contribution < 1.29 is 4.74 Å². The van der Waals surface area contributed by atoms with Crippen molar-refractivity contribution in [3.63, 3.8) is 0 Å². The summed E-state index contributed by atoms with van der Waals surface area (Å²) in [6, 6.07) is 8.74. The molecule has 17 heavy (non-hydrogen) atoms. The Labute approximate surface area is 105 Å². The van der Waals surface area contributed by atoms with Crippen LogP contribution in [-0.4, -0.2) is 12.6 Å². The van der Waals surface area contributed by atoms with Crippen LogP contribution in [0.4, 0.5) is 0 Å². The number of hydrogen-bond acceptors (Lipinski definition) is 2. The predicted molar refractivity (Wildman–Crippen MR) is 73.4 cm³/mol. The van der Waals surface area contributed by atoms with Gasteiger partial charge in [0.1, 0.15) is 11.9 Å². The third-order valence-corrected chi connectivity index (χ3v) is 2.80. The molecule has 1 rings (SSSR count). The van der Waals surface area contributed by atoms with Crippen molar-refractivity contribution in [2.75, 3.05) is 6.54 Å². The molecule has 0 bridgehead atoms. The van der Waals surface area contributed by atoms with Gasteiger partial charge in [0.2, 0.25) is 0 Å². The van der Waals surface area contributed by atoms with Gasteiger partial charge in [-0.15, -0.1) is 0 Å². The molecular formula is C15H23NO. The Balaban J connectivity index is 2.69. The van der Waals surface area contributed by atoms with E-state index in [0.29, 0.717) is 6.04 Å². The average Bonchev–Trinajstić information content (AvgIpc) is 2.37. The average molecular weight is 233 g/mol. The lowest BCUT2D eigenvalue weighted by Crippen LogP contribution is -2.19. The van der Waals surface area contributed by atoms with Crippen LogP contribution in [0.3, 0.4) is 0 Å². The van der Waals surface area contributed by atoms with E-state index in [4.69, 9.17) is 4.74 Å². The summed E-state index contributed by atoms with van der Waals surface area (Å²) in [5.74, 6) is 0.896. The second kappa shape index (κ2) is 7.13. The van der Waals surface area contributed by atoms with Crippen molar-refractivity contribution in [2.24, 2.45) is 0 Å². The molecule has 0 saturated heterocycles. The van der Waals surface area contributed by atoms with E-state index in [0.717, 1.165) is 18.7 Å². The lowest BCUT2D eigenvalue weighted by molar-refractivity contribution is 0.270. The SMILES string of the molecule is C=CC(C)Oc1ccc(C(CC)NCC)cc1. The van der Waals surface area contributed by atoms with E-state index in [1.54, 1.807) is 6.08 Å². The van der Waals surface area contributed by atoms with Crippen LogP contribution in [0.25, 0.3) is 0 Å². The summed E-state index contributed by atoms with van der Waals surface area (Å²) in [4.78, 5) is 0. The number of ether oxygens (including phenoxy) is 1.